The lowest BCUT2D eigenvalue weighted by atomic mass is 9.49. The molecule has 1 atom stereocenters. The summed E-state index contributed by atoms with van der Waals surface area (Å²) in [6, 6.07) is 6.65. The average Bonchev–Trinajstić information content (AvgIpc) is 3.52. The van der Waals surface area contributed by atoms with Crippen molar-refractivity contribution in [2.24, 2.45) is 5.92 Å². The van der Waals surface area contributed by atoms with Gasteiger partial charge in [0.1, 0.15) is 0 Å². The first-order valence-electron chi connectivity index (χ1n) is 12.6. The summed E-state index contributed by atoms with van der Waals surface area (Å²) in [5.74, 6) is 0.125. The minimum atomic E-state index is -2.00. The summed E-state index contributed by atoms with van der Waals surface area (Å²) in [7, 11) is 18.1. The lowest BCUT2D eigenvalue weighted by molar-refractivity contribution is -0.117. The topological polar surface area (TPSA) is 168 Å². The quantitative estimate of drug-likeness (QED) is 0.258. The highest BCUT2D eigenvalue weighted by Gasteiger charge is 2.30. The number of benzene rings is 1. The molecule has 1 saturated carbocycles. The molecule has 1 aliphatic carbocycles. The van der Waals surface area contributed by atoms with E-state index in [0.29, 0.717) is 42.4 Å². The van der Waals surface area contributed by atoms with Crippen molar-refractivity contribution in [2.45, 2.75) is 37.1 Å². The Balaban J connectivity index is 1.44. The molecule has 3 aromatic rings. The molecule has 40 heavy (non-hydrogen) atoms. The van der Waals surface area contributed by atoms with E-state index in [4.69, 9.17) is 32.8 Å². The molecule has 2 amide bonds. The molecule has 1 aliphatic heterocycles. The van der Waals surface area contributed by atoms with Crippen LogP contribution in [0.2, 0.25) is 0 Å². The Morgan fingerprint density at radius 2 is 2.00 bits per heavy atom. The summed E-state index contributed by atoms with van der Waals surface area (Å²) in [5.41, 5.74) is 0.927. The largest absolute Gasteiger partial charge is 0.494 e. The maximum Gasteiger partial charge on any atom is 0.272 e. The van der Waals surface area contributed by atoms with Crippen LogP contribution in [0.25, 0.3) is 11.4 Å². The van der Waals surface area contributed by atoms with E-state index < -0.39 is 11.1 Å². The van der Waals surface area contributed by atoms with E-state index >= 15 is 0 Å². The van der Waals surface area contributed by atoms with Crippen molar-refractivity contribution >= 4 is 52.5 Å². The van der Waals surface area contributed by atoms with Gasteiger partial charge in [0.15, 0.2) is 17.3 Å². The zero-order chi connectivity index (χ0) is 28.4. The normalized spacial score (nSPS) is 17.4. The van der Waals surface area contributed by atoms with Crippen molar-refractivity contribution < 1.29 is 24.0 Å². The molecule has 1 saturated heterocycles. The van der Waals surface area contributed by atoms with Crippen molar-refractivity contribution in [2.75, 3.05) is 30.8 Å². The molecule has 1 aromatic carbocycles. The predicted octanol–water partition coefficient (Wildman–Crippen LogP) is 0.0405. The molecule has 0 bridgehead atoms. The van der Waals surface area contributed by atoms with E-state index in [0.717, 1.165) is 19.4 Å². The van der Waals surface area contributed by atoms with Crippen molar-refractivity contribution in [3.05, 3.63) is 35.9 Å². The Morgan fingerprint density at radius 3 is 2.67 bits per heavy atom. The first kappa shape index (κ1) is 27.7. The Hall–Kier alpha value is -3.91. The summed E-state index contributed by atoms with van der Waals surface area (Å²) in [6.07, 6.45) is 1.94. The summed E-state index contributed by atoms with van der Waals surface area (Å²) < 4.78 is 11.1. The molecule has 13 nitrogen and oxygen atoms in total. The van der Waals surface area contributed by atoms with Crippen LogP contribution in [0.5, 0.6) is 5.75 Å². The van der Waals surface area contributed by atoms with Gasteiger partial charge in [-0.15, -0.1) is 10.2 Å². The third-order valence-electron chi connectivity index (χ3n) is 6.34. The number of hydrogen-bond donors (Lipinski definition) is 4. The van der Waals surface area contributed by atoms with E-state index in [2.05, 4.69) is 36.3 Å². The maximum absolute atomic E-state index is 12.9. The number of methoxy groups -OCH3 is 1. The van der Waals surface area contributed by atoms with Crippen molar-refractivity contribution in [1.29, 1.82) is 0 Å². The molecule has 2 aliphatic rings. The highest BCUT2D eigenvalue weighted by Crippen LogP contribution is 2.37. The van der Waals surface area contributed by atoms with Crippen molar-refractivity contribution in [3.8, 4) is 17.1 Å². The van der Waals surface area contributed by atoms with Gasteiger partial charge in [-0.3, -0.25) is 14.5 Å². The molecule has 3 heterocycles. The van der Waals surface area contributed by atoms with E-state index in [9.17, 15) is 14.7 Å². The molecular weight excluding hydrogens is 513 g/mol. The van der Waals surface area contributed by atoms with Crippen molar-refractivity contribution in [1.82, 2.24) is 30.6 Å². The Kier molecular flexibility index (Phi) is 7.81. The van der Waals surface area contributed by atoms with Crippen LogP contribution in [0.4, 0.5) is 17.2 Å². The number of nitrogens with zero attached hydrogens (tertiary/aromatic N) is 5. The summed E-state index contributed by atoms with van der Waals surface area (Å²) in [5, 5.41) is 27.8. The second kappa shape index (κ2) is 11.3. The molecule has 6 radical (unpaired) electrons. The SMILES string of the molecule is [B]C([B])([B])NC(=O)c1nnc(NC(=O)C2CC2)cc1Nc1cccc(-c2noc(CN3CCC(O)C3)n2)c1OC. The van der Waals surface area contributed by atoms with Gasteiger partial charge in [0.05, 0.1) is 60.2 Å². The number of amides is 2. The van der Waals surface area contributed by atoms with Gasteiger partial charge in [0.25, 0.3) is 5.91 Å². The number of likely N-dealkylation sites (tertiary alicyclic amines) is 1. The fourth-order valence-corrected chi connectivity index (χ4v) is 4.30. The molecular formula is C24H25B3N8O5. The van der Waals surface area contributed by atoms with Crippen LogP contribution in [0.1, 0.15) is 35.6 Å². The lowest BCUT2D eigenvalue weighted by Gasteiger charge is -2.23. The van der Waals surface area contributed by atoms with E-state index in [1.54, 1.807) is 18.2 Å². The number of β-amino-alcohol motifs (C(OH)–C–C–N with tert-alkyl or cyclic N) is 1. The molecule has 200 valence electrons. The Bertz CT molecular complexity index is 1410. The minimum absolute atomic E-state index is 0.0688. The van der Waals surface area contributed by atoms with E-state index in [-0.39, 0.29) is 41.0 Å². The molecule has 5 rings (SSSR count). The van der Waals surface area contributed by atoms with Crippen LogP contribution in [0, 0.1) is 5.92 Å². The molecule has 1 unspecified atom stereocenters. The van der Waals surface area contributed by atoms with Gasteiger partial charge in [-0.2, -0.15) is 4.98 Å². The first-order chi connectivity index (χ1) is 19.1. The highest BCUT2D eigenvalue weighted by atomic mass is 16.5. The van der Waals surface area contributed by atoms with Crippen LogP contribution in [-0.2, 0) is 11.3 Å². The molecule has 16 heteroatoms. The summed E-state index contributed by atoms with van der Waals surface area (Å²) in [6.45, 7) is 1.69. The Morgan fingerprint density at radius 1 is 1.20 bits per heavy atom. The second-order valence-corrected chi connectivity index (χ2v) is 9.84. The van der Waals surface area contributed by atoms with Gasteiger partial charge in [-0.1, -0.05) is 16.5 Å². The second-order valence-electron chi connectivity index (χ2n) is 9.84. The minimum Gasteiger partial charge on any atom is -0.494 e. The number of anilines is 3. The third kappa shape index (κ3) is 6.62. The third-order valence-corrected chi connectivity index (χ3v) is 6.34. The van der Waals surface area contributed by atoms with E-state index in [1.807, 2.05) is 4.90 Å². The van der Waals surface area contributed by atoms with Gasteiger partial charge in [-0.25, -0.2) is 0 Å². The van der Waals surface area contributed by atoms with Crippen LogP contribution in [-0.4, -0.2) is 97.2 Å². The monoisotopic (exact) mass is 538 g/mol. The zero-order valence-corrected chi connectivity index (χ0v) is 21.8. The molecule has 4 N–H and O–H groups in total. The Labute approximate surface area is 234 Å². The van der Waals surface area contributed by atoms with E-state index in [1.165, 1.54) is 13.2 Å². The number of aliphatic hydroxyl groups is 1. The van der Waals surface area contributed by atoms with Gasteiger partial charge >= 0.3 is 0 Å². The number of carbonyl (C=O) groups is 2. The number of aliphatic hydroxyl groups excluding tert-OH is 1. The average molecular weight is 538 g/mol. The highest BCUT2D eigenvalue weighted by molar-refractivity contribution is 6.60. The lowest BCUT2D eigenvalue weighted by Crippen LogP contribution is -2.50. The predicted molar refractivity (Wildman–Crippen MR) is 146 cm³/mol. The number of hydrogen-bond acceptors (Lipinski definition) is 11. The number of rotatable bonds is 10. The fraction of sp³-hybridized carbons (Fsp3) is 0.417. The fourth-order valence-electron chi connectivity index (χ4n) is 4.30. The zero-order valence-electron chi connectivity index (χ0n) is 21.8. The van der Waals surface area contributed by atoms with Gasteiger partial charge in [0.2, 0.25) is 17.6 Å². The first-order valence-corrected chi connectivity index (χ1v) is 12.6. The standard InChI is InChI=1S/C24H25B3N8O5/c1-39-20-14(21-30-18(40-34-21)11-35-8-7-13(36)10-35)3-2-4-15(20)28-16-9-17(29-22(37)12-5-6-12)32-33-19(16)23(38)31-24(25,26)27/h2-4,9,12-13,36H,5-8,10-11H2,1H3,(H,31,38)(H2,28,29,32,37). The smallest absolute Gasteiger partial charge is 0.272 e. The number of para-hydroxylation sites is 1. The van der Waals surface area contributed by atoms with Crippen LogP contribution in [0.3, 0.4) is 0 Å². The van der Waals surface area contributed by atoms with Gasteiger partial charge < -0.3 is 30.3 Å². The summed E-state index contributed by atoms with van der Waals surface area (Å²) in [4.78, 5) is 31.7. The number of aromatic nitrogens is 4. The molecule has 2 aromatic heterocycles. The van der Waals surface area contributed by atoms with Crippen LogP contribution in [0.15, 0.2) is 28.8 Å². The number of nitrogens with one attached hydrogen (secondary N) is 3. The van der Waals surface area contributed by atoms with Crippen LogP contribution >= 0.6 is 0 Å². The van der Waals surface area contributed by atoms with Gasteiger partial charge in [-0.05, 0) is 31.4 Å². The molecule has 2 fully saturated rings. The summed E-state index contributed by atoms with van der Waals surface area (Å²) >= 11 is 0. The van der Waals surface area contributed by atoms with Crippen LogP contribution < -0.4 is 20.7 Å². The number of ether oxygens (including phenoxy) is 1. The number of carbonyl (C=O) groups excluding carboxylic acids is 2. The molecule has 0 spiro atoms. The maximum atomic E-state index is 12.9. The van der Waals surface area contributed by atoms with Crippen molar-refractivity contribution in [3.63, 3.8) is 0 Å². The van der Waals surface area contributed by atoms with Gasteiger partial charge in [0, 0.05) is 25.1 Å².